The fraction of sp³-hybridized carbons (Fsp3) is 0.414. The van der Waals surface area contributed by atoms with Gasteiger partial charge in [0, 0.05) is 31.5 Å². The summed E-state index contributed by atoms with van der Waals surface area (Å²) in [4.78, 5) is 13.5. The maximum atomic E-state index is 14.0. The van der Waals surface area contributed by atoms with Crippen LogP contribution in [-0.2, 0) is 17.8 Å². The Balaban J connectivity index is 1.46. The molecule has 0 aromatic heterocycles. The number of alkyl halides is 1. The zero-order chi connectivity index (χ0) is 24.8. The minimum atomic E-state index is -0.994. The molecule has 3 aromatic carbocycles. The predicted molar refractivity (Wildman–Crippen MR) is 135 cm³/mol. The molecule has 1 spiro atoms. The largest absolute Gasteiger partial charge is 0.496 e. The first-order chi connectivity index (χ1) is 16.7. The van der Waals surface area contributed by atoms with Gasteiger partial charge in [0.1, 0.15) is 17.2 Å². The summed E-state index contributed by atoms with van der Waals surface area (Å²) in [5.74, 6) is 0.664. The molecule has 0 amide bonds. The summed E-state index contributed by atoms with van der Waals surface area (Å²) in [7, 11) is 3.33. The van der Waals surface area contributed by atoms with E-state index in [0.29, 0.717) is 19.3 Å². The zero-order valence-corrected chi connectivity index (χ0v) is 20.6. The van der Waals surface area contributed by atoms with Gasteiger partial charge in [0.05, 0.1) is 19.8 Å². The topological polar surface area (TPSA) is 59.0 Å². The molecule has 3 aromatic rings. The Labute approximate surface area is 205 Å². The van der Waals surface area contributed by atoms with E-state index in [1.807, 2.05) is 30.3 Å². The standard InChI is InChI=1S/C29H32FNO4/c1-28(30)15-29(16-28)17-31(18-29)14-19-12-24(34-2)27(25(13-19)35-3)23-9-5-7-21-20(10-11-26(32)33)6-4-8-22(21)23/h4-9,12-13H,10-11,14-18H2,1-3H3,(H,32,33). The van der Waals surface area contributed by atoms with Gasteiger partial charge in [-0.15, -0.1) is 0 Å². The number of carbonyl (C=O) groups is 1. The predicted octanol–water partition coefficient (Wildman–Crippen LogP) is 5.87. The molecule has 5 nitrogen and oxygen atoms in total. The normalized spacial score (nSPS) is 18.2. The van der Waals surface area contributed by atoms with Gasteiger partial charge in [-0.3, -0.25) is 9.69 Å². The summed E-state index contributed by atoms with van der Waals surface area (Å²) < 4.78 is 25.7. The first-order valence-electron chi connectivity index (χ1n) is 12.1. The summed E-state index contributed by atoms with van der Waals surface area (Å²) in [6, 6.07) is 16.2. The van der Waals surface area contributed by atoms with Crippen LogP contribution in [0.25, 0.3) is 21.9 Å². The lowest BCUT2D eigenvalue weighted by atomic mass is 9.56. The van der Waals surface area contributed by atoms with E-state index in [9.17, 15) is 9.18 Å². The Hall–Kier alpha value is -3.12. The number of carboxylic acids is 1. The number of likely N-dealkylation sites (tertiary alicyclic amines) is 1. The summed E-state index contributed by atoms with van der Waals surface area (Å²) in [6.45, 7) is 4.34. The van der Waals surface area contributed by atoms with E-state index in [4.69, 9.17) is 14.6 Å². The molecule has 1 aliphatic heterocycles. The molecule has 2 fully saturated rings. The molecule has 0 atom stereocenters. The van der Waals surface area contributed by atoms with Crippen molar-refractivity contribution in [3.05, 3.63) is 59.7 Å². The van der Waals surface area contributed by atoms with Crippen LogP contribution in [0.3, 0.4) is 0 Å². The Morgan fingerprint density at radius 1 is 1.03 bits per heavy atom. The number of rotatable bonds is 8. The van der Waals surface area contributed by atoms with Crippen LogP contribution in [0.5, 0.6) is 11.5 Å². The molecule has 0 bridgehead atoms. The van der Waals surface area contributed by atoms with Gasteiger partial charge in [0.15, 0.2) is 0 Å². The van der Waals surface area contributed by atoms with Crippen molar-refractivity contribution in [2.75, 3.05) is 27.3 Å². The quantitative estimate of drug-likeness (QED) is 0.440. The van der Waals surface area contributed by atoms with Crippen molar-refractivity contribution in [1.29, 1.82) is 0 Å². The van der Waals surface area contributed by atoms with Crippen molar-refractivity contribution < 1.29 is 23.8 Å². The molecule has 1 aliphatic carbocycles. The van der Waals surface area contributed by atoms with Gasteiger partial charge in [-0.25, -0.2) is 4.39 Å². The smallest absolute Gasteiger partial charge is 0.303 e. The molecule has 1 heterocycles. The maximum absolute atomic E-state index is 14.0. The lowest BCUT2D eigenvalue weighted by Gasteiger charge is -2.60. The second kappa shape index (κ2) is 8.83. The van der Waals surface area contributed by atoms with E-state index in [2.05, 4.69) is 23.1 Å². The van der Waals surface area contributed by atoms with Crippen LogP contribution < -0.4 is 9.47 Å². The summed E-state index contributed by atoms with van der Waals surface area (Å²) in [5, 5.41) is 11.2. The van der Waals surface area contributed by atoms with Gasteiger partial charge in [-0.2, -0.15) is 0 Å². The molecule has 1 saturated heterocycles. The van der Waals surface area contributed by atoms with Gasteiger partial charge in [0.25, 0.3) is 0 Å². The van der Waals surface area contributed by atoms with Gasteiger partial charge in [0.2, 0.25) is 0 Å². The second-order valence-electron chi connectivity index (χ2n) is 10.5. The Bertz CT molecular complexity index is 1240. The Morgan fingerprint density at radius 3 is 2.26 bits per heavy atom. The lowest BCUT2D eigenvalue weighted by molar-refractivity contribution is -0.148. The van der Waals surface area contributed by atoms with E-state index in [0.717, 1.165) is 64.2 Å². The summed E-state index contributed by atoms with van der Waals surface area (Å²) >= 11 is 0. The number of carboxylic acid groups (broad SMARTS) is 1. The van der Waals surface area contributed by atoms with Gasteiger partial charge in [-0.05, 0) is 65.8 Å². The summed E-state index contributed by atoms with van der Waals surface area (Å²) in [5.41, 5.74) is 3.15. The number of halogens is 1. The monoisotopic (exact) mass is 477 g/mol. The highest BCUT2D eigenvalue weighted by Gasteiger charge is 2.58. The van der Waals surface area contributed by atoms with E-state index >= 15 is 0 Å². The molecule has 184 valence electrons. The Kier molecular flexibility index (Phi) is 5.96. The minimum absolute atomic E-state index is 0.0903. The van der Waals surface area contributed by atoms with Crippen molar-refractivity contribution in [2.45, 2.75) is 44.8 Å². The van der Waals surface area contributed by atoms with Crippen LogP contribution in [0.4, 0.5) is 4.39 Å². The molecule has 35 heavy (non-hydrogen) atoms. The van der Waals surface area contributed by atoms with Gasteiger partial charge in [-0.1, -0.05) is 36.4 Å². The first-order valence-corrected chi connectivity index (χ1v) is 12.1. The van der Waals surface area contributed by atoms with Crippen LogP contribution in [0, 0.1) is 5.41 Å². The lowest BCUT2D eigenvalue weighted by Crippen LogP contribution is -2.65. The van der Waals surface area contributed by atoms with Crippen molar-refractivity contribution in [1.82, 2.24) is 4.90 Å². The third-order valence-electron chi connectivity index (χ3n) is 7.47. The summed E-state index contributed by atoms with van der Waals surface area (Å²) in [6.07, 6.45) is 1.89. The highest BCUT2D eigenvalue weighted by molar-refractivity contribution is 6.01. The van der Waals surface area contributed by atoms with E-state index in [1.54, 1.807) is 21.1 Å². The first kappa shape index (κ1) is 23.6. The van der Waals surface area contributed by atoms with Crippen LogP contribution in [0.1, 0.15) is 37.3 Å². The number of ether oxygens (including phenoxy) is 2. The molecule has 1 saturated carbocycles. The fourth-order valence-electron chi connectivity index (χ4n) is 6.38. The van der Waals surface area contributed by atoms with Crippen LogP contribution in [0.15, 0.2) is 48.5 Å². The number of hydrogen-bond acceptors (Lipinski definition) is 4. The number of aliphatic carboxylic acids is 1. The minimum Gasteiger partial charge on any atom is -0.496 e. The fourth-order valence-corrected chi connectivity index (χ4v) is 6.38. The molecule has 0 radical (unpaired) electrons. The molecule has 0 unspecified atom stereocenters. The highest BCUT2D eigenvalue weighted by atomic mass is 19.1. The van der Waals surface area contributed by atoms with E-state index < -0.39 is 11.6 Å². The molecule has 5 rings (SSSR count). The van der Waals surface area contributed by atoms with Crippen molar-refractivity contribution in [3.8, 4) is 22.6 Å². The molecule has 1 N–H and O–H groups in total. The molecule has 6 heteroatoms. The molecular weight excluding hydrogens is 445 g/mol. The second-order valence-corrected chi connectivity index (χ2v) is 10.5. The SMILES string of the molecule is COc1cc(CN2CC3(C2)CC(C)(F)C3)cc(OC)c1-c1cccc2c(CCC(=O)O)cccc12. The number of benzene rings is 3. The average Bonchev–Trinajstić information content (AvgIpc) is 2.79. The van der Waals surface area contributed by atoms with E-state index in [-0.39, 0.29) is 11.8 Å². The van der Waals surface area contributed by atoms with Crippen LogP contribution in [0.2, 0.25) is 0 Å². The van der Waals surface area contributed by atoms with Gasteiger partial charge < -0.3 is 14.6 Å². The molecular formula is C29H32FNO4. The maximum Gasteiger partial charge on any atom is 0.303 e. The van der Waals surface area contributed by atoms with Crippen molar-refractivity contribution >= 4 is 16.7 Å². The van der Waals surface area contributed by atoms with Crippen molar-refractivity contribution in [3.63, 3.8) is 0 Å². The number of nitrogens with zero attached hydrogens (tertiary/aromatic N) is 1. The Morgan fingerprint density at radius 2 is 1.66 bits per heavy atom. The number of fused-ring (bicyclic) bond motifs is 1. The number of aryl methyl sites for hydroxylation is 1. The third kappa shape index (κ3) is 4.47. The molecule has 2 aliphatic rings. The van der Waals surface area contributed by atoms with Gasteiger partial charge >= 0.3 is 5.97 Å². The van der Waals surface area contributed by atoms with Crippen molar-refractivity contribution in [2.24, 2.45) is 5.41 Å². The number of methoxy groups -OCH3 is 2. The average molecular weight is 478 g/mol. The number of hydrogen-bond donors (Lipinski definition) is 1. The zero-order valence-electron chi connectivity index (χ0n) is 20.6. The van der Waals surface area contributed by atoms with E-state index in [1.165, 1.54) is 0 Å². The highest BCUT2D eigenvalue weighted by Crippen LogP contribution is 2.56. The third-order valence-corrected chi connectivity index (χ3v) is 7.47. The van der Waals surface area contributed by atoms with Crippen LogP contribution >= 0.6 is 0 Å². The van der Waals surface area contributed by atoms with Crippen LogP contribution in [-0.4, -0.2) is 49.0 Å².